The smallest absolute Gasteiger partial charge is 0.312 e. The van der Waals surface area contributed by atoms with Crippen molar-refractivity contribution >= 4 is 39.6 Å². The summed E-state index contributed by atoms with van der Waals surface area (Å²) >= 11 is 2.27. The summed E-state index contributed by atoms with van der Waals surface area (Å²) < 4.78 is 27.7. The number of nitrogens with two attached hydrogens (primary N) is 1. The molecule has 0 radical (unpaired) electrons. The van der Waals surface area contributed by atoms with Crippen molar-refractivity contribution < 1.29 is 13.9 Å². The van der Waals surface area contributed by atoms with Crippen molar-refractivity contribution in [2.75, 3.05) is 25.6 Å². The van der Waals surface area contributed by atoms with Crippen LogP contribution in [0.25, 0.3) is 11.2 Å². The van der Waals surface area contributed by atoms with Crippen LogP contribution in [-0.4, -0.2) is 39.4 Å². The lowest BCUT2D eigenvalue weighted by Crippen LogP contribution is -2.25. The zero-order valence-electron chi connectivity index (χ0n) is 16.2. The second kappa shape index (κ2) is 8.27. The van der Waals surface area contributed by atoms with E-state index in [4.69, 9.17) is 15.2 Å². The van der Waals surface area contributed by atoms with Gasteiger partial charge in [-0.15, -0.1) is 0 Å². The predicted octanol–water partition coefficient (Wildman–Crippen LogP) is 2.72. The maximum absolute atomic E-state index is 13.8. The summed E-state index contributed by atoms with van der Waals surface area (Å²) in [5.41, 5.74) is 7.77. The van der Waals surface area contributed by atoms with Crippen molar-refractivity contribution in [3.05, 3.63) is 33.2 Å². The summed E-state index contributed by atoms with van der Waals surface area (Å²) in [7, 11) is 0. The molecular weight excluding hydrogens is 490 g/mol. The Kier molecular flexibility index (Phi) is 5.72. The van der Waals surface area contributed by atoms with Gasteiger partial charge >= 0.3 is 6.08 Å². The van der Waals surface area contributed by atoms with Crippen molar-refractivity contribution in [2.24, 2.45) is 5.92 Å². The number of fused-ring (bicyclic) bond motifs is 2. The minimum atomic E-state index is -0.851. The monoisotopic (exact) mass is 512 g/mol. The fourth-order valence-corrected chi connectivity index (χ4v) is 3.89. The molecular formula is C19H22FIN6O2. The van der Waals surface area contributed by atoms with Crippen molar-refractivity contribution in [3.63, 3.8) is 0 Å². The third-order valence-corrected chi connectivity index (χ3v) is 5.63. The lowest BCUT2D eigenvalue weighted by atomic mass is 10.1. The Hall–Kier alpha value is -2.21. The SMILES string of the molecule is CC(C)CNCCn1c(Cc2cc3c(cc2I)OCO3)nc2c(N)nc(F)nc21. The molecule has 0 saturated carbocycles. The average molecular weight is 512 g/mol. The van der Waals surface area contributed by atoms with Crippen LogP contribution in [0, 0.1) is 15.6 Å². The highest BCUT2D eigenvalue weighted by molar-refractivity contribution is 14.1. The molecule has 1 aromatic carbocycles. The zero-order valence-corrected chi connectivity index (χ0v) is 18.4. The number of hydrogen-bond donors (Lipinski definition) is 2. The Bertz CT molecular complexity index is 1060. The first-order valence-corrected chi connectivity index (χ1v) is 10.5. The summed E-state index contributed by atoms with van der Waals surface area (Å²) in [5, 5.41) is 3.40. The van der Waals surface area contributed by atoms with Crippen molar-refractivity contribution in [3.8, 4) is 11.5 Å². The summed E-state index contributed by atoms with van der Waals surface area (Å²) in [4.78, 5) is 12.2. The predicted molar refractivity (Wildman–Crippen MR) is 115 cm³/mol. The molecule has 3 heterocycles. The van der Waals surface area contributed by atoms with Gasteiger partial charge in [-0.3, -0.25) is 0 Å². The fourth-order valence-electron chi connectivity index (χ4n) is 3.26. The molecule has 1 aliphatic heterocycles. The van der Waals surface area contributed by atoms with E-state index < -0.39 is 6.08 Å². The second-order valence-electron chi connectivity index (χ2n) is 7.30. The maximum atomic E-state index is 13.8. The topological polar surface area (TPSA) is 100 Å². The van der Waals surface area contributed by atoms with Crippen LogP contribution < -0.4 is 20.5 Å². The van der Waals surface area contributed by atoms with Crippen LogP contribution >= 0.6 is 22.6 Å². The van der Waals surface area contributed by atoms with Crippen LogP contribution in [0.15, 0.2) is 12.1 Å². The molecule has 8 nitrogen and oxygen atoms in total. The maximum Gasteiger partial charge on any atom is 0.312 e. The van der Waals surface area contributed by atoms with Gasteiger partial charge in [0.15, 0.2) is 28.5 Å². The van der Waals surface area contributed by atoms with Gasteiger partial charge in [0.1, 0.15) is 5.82 Å². The number of aromatic nitrogens is 4. The normalized spacial score (nSPS) is 13.0. The van der Waals surface area contributed by atoms with E-state index in [0.717, 1.165) is 27.3 Å². The summed E-state index contributed by atoms with van der Waals surface area (Å²) in [6.45, 7) is 6.72. The number of hydrogen-bond acceptors (Lipinski definition) is 7. The van der Waals surface area contributed by atoms with Gasteiger partial charge in [-0.1, -0.05) is 13.8 Å². The number of rotatable bonds is 7. The minimum Gasteiger partial charge on any atom is -0.454 e. The van der Waals surface area contributed by atoms with Crippen LogP contribution in [0.3, 0.4) is 0 Å². The lowest BCUT2D eigenvalue weighted by molar-refractivity contribution is 0.174. The third kappa shape index (κ3) is 4.22. The van der Waals surface area contributed by atoms with Gasteiger partial charge in [0, 0.05) is 23.1 Å². The van der Waals surface area contributed by atoms with E-state index in [9.17, 15) is 4.39 Å². The third-order valence-electron chi connectivity index (χ3n) is 4.63. The molecule has 154 valence electrons. The highest BCUT2D eigenvalue weighted by Crippen LogP contribution is 2.36. The molecule has 0 unspecified atom stereocenters. The average Bonchev–Trinajstić information content (AvgIpc) is 3.23. The van der Waals surface area contributed by atoms with E-state index in [1.807, 2.05) is 16.7 Å². The summed E-state index contributed by atoms with van der Waals surface area (Å²) in [6, 6.07) is 3.91. The molecule has 10 heteroatoms. The first-order chi connectivity index (χ1) is 13.9. The Labute approximate surface area is 181 Å². The van der Waals surface area contributed by atoms with E-state index in [1.165, 1.54) is 0 Å². The number of imidazole rings is 1. The summed E-state index contributed by atoms with van der Waals surface area (Å²) in [5.74, 6) is 2.78. The molecule has 1 aliphatic rings. The quantitative estimate of drug-likeness (QED) is 0.285. The lowest BCUT2D eigenvalue weighted by Gasteiger charge is -2.12. The van der Waals surface area contributed by atoms with E-state index in [0.29, 0.717) is 42.3 Å². The molecule has 2 aromatic heterocycles. The van der Waals surface area contributed by atoms with E-state index in [-0.39, 0.29) is 12.6 Å². The van der Waals surface area contributed by atoms with Crippen molar-refractivity contribution in [1.82, 2.24) is 24.8 Å². The number of nitrogens with zero attached hydrogens (tertiary/aromatic N) is 4. The molecule has 0 aliphatic carbocycles. The van der Waals surface area contributed by atoms with Gasteiger partial charge < -0.3 is 25.1 Å². The number of benzene rings is 1. The molecule has 4 rings (SSSR count). The molecule has 29 heavy (non-hydrogen) atoms. The number of nitrogen functional groups attached to an aromatic ring is 1. The van der Waals surface area contributed by atoms with E-state index >= 15 is 0 Å². The molecule has 0 spiro atoms. The molecule has 3 N–H and O–H groups in total. The van der Waals surface area contributed by atoms with Crippen LogP contribution in [-0.2, 0) is 13.0 Å². The van der Waals surface area contributed by atoms with Crippen LogP contribution in [0.5, 0.6) is 11.5 Å². The van der Waals surface area contributed by atoms with Crippen molar-refractivity contribution in [2.45, 2.75) is 26.8 Å². The van der Waals surface area contributed by atoms with Gasteiger partial charge in [0.2, 0.25) is 6.79 Å². The standard InChI is InChI=1S/C19H22FIN6O2/c1-10(2)8-23-3-4-27-15(24-16-17(22)25-19(20)26-18(16)27)6-11-5-13-14(7-12(11)21)29-9-28-13/h5,7,10,23H,3-4,6,8-9H2,1-2H3,(H2,22,25,26). The number of ether oxygens (including phenoxy) is 2. The number of halogens is 2. The van der Waals surface area contributed by atoms with Crippen LogP contribution in [0.1, 0.15) is 25.2 Å². The van der Waals surface area contributed by atoms with Crippen LogP contribution in [0.2, 0.25) is 0 Å². The molecule has 0 amide bonds. The highest BCUT2D eigenvalue weighted by Gasteiger charge is 2.20. The highest BCUT2D eigenvalue weighted by atomic mass is 127. The summed E-state index contributed by atoms with van der Waals surface area (Å²) in [6.07, 6.45) is -0.327. The largest absolute Gasteiger partial charge is 0.454 e. The molecule has 3 aromatic rings. The first kappa shape index (κ1) is 20.1. The van der Waals surface area contributed by atoms with Gasteiger partial charge in [-0.2, -0.15) is 14.4 Å². The second-order valence-corrected chi connectivity index (χ2v) is 8.46. The van der Waals surface area contributed by atoms with Gasteiger partial charge in [0.25, 0.3) is 0 Å². The van der Waals surface area contributed by atoms with E-state index in [2.05, 4.69) is 56.7 Å². The van der Waals surface area contributed by atoms with Gasteiger partial charge in [-0.05, 0) is 52.7 Å². The Balaban J connectivity index is 1.69. The Morgan fingerprint density at radius 2 is 2.00 bits per heavy atom. The van der Waals surface area contributed by atoms with Gasteiger partial charge in [0.05, 0.1) is 0 Å². The van der Waals surface area contributed by atoms with Crippen LogP contribution in [0.4, 0.5) is 10.2 Å². The van der Waals surface area contributed by atoms with Gasteiger partial charge in [-0.25, -0.2) is 4.98 Å². The Morgan fingerprint density at radius 1 is 1.24 bits per heavy atom. The number of anilines is 1. The first-order valence-electron chi connectivity index (χ1n) is 9.39. The molecule has 0 fully saturated rings. The number of nitrogens with one attached hydrogen (secondary N) is 1. The molecule has 0 atom stereocenters. The van der Waals surface area contributed by atoms with E-state index in [1.54, 1.807) is 0 Å². The Morgan fingerprint density at radius 3 is 2.76 bits per heavy atom. The minimum absolute atomic E-state index is 0.0445. The zero-order chi connectivity index (χ0) is 20.5. The van der Waals surface area contributed by atoms with Crippen molar-refractivity contribution in [1.29, 1.82) is 0 Å². The molecule has 0 bridgehead atoms. The fraction of sp³-hybridized carbons (Fsp3) is 0.421. The molecule has 0 saturated heterocycles.